The molecule has 0 aromatic heterocycles. The van der Waals surface area contributed by atoms with Gasteiger partial charge in [0.25, 0.3) is 0 Å². The van der Waals surface area contributed by atoms with E-state index in [1.54, 1.807) is 7.11 Å². The Labute approximate surface area is 166 Å². The Balaban J connectivity index is 2.87. The van der Waals surface area contributed by atoms with Crippen molar-refractivity contribution >= 4 is 13.3 Å². The highest BCUT2D eigenvalue weighted by Crippen LogP contribution is 2.44. The average molecular weight is 364 g/mol. The molecule has 0 aliphatic heterocycles. The van der Waals surface area contributed by atoms with Crippen molar-refractivity contribution in [1.82, 2.24) is 0 Å². The van der Waals surface area contributed by atoms with E-state index < -0.39 is 0 Å². The van der Waals surface area contributed by atoms with Crippen molar-refractivity contribution in [2.24, 2.45) is 0 Å². The fourth-order valence-corrected chi connectivity index (χ4v) is 3.13. The Bertz CT molecular complexity index is 778. The molecule has 0 aliphatic rings. The zero-order valence-corrected chi connectivity index (χ0v) is 18.0. The number of rotatable bonds is 8. The molecular formula is C24H33BO2. The van der Waals surface area contributed by atoms with E-state index in [-0.39, 0.29) is 17.6 Å². The van der Waals surface area contributed by atoms with Gasteiger partial charge < -0.3 is 9.47 Å². The first-order valence-electron chi connectivity index (χ1n) is 9.83. The molecule has 144 valence electrons. The minimum atomic E-state index is -0.0266. The molecule has 0 bridgehead atoms. The van der Waals surface area contributed by atoms with Crippen molar-refractivity contribution in [2.45, 2.75) is 65.2 Å². The van der Waals surface area contributed by atoms with Crippen molar-refractivity contribution in [3.8, 4) is 16.9 Å². The summed E-state index contributed by atoms with van der Waals surface area (Å²) >= 11 is 0. The molecule has 0 atom stereocenters. The van der Waals surface area contributed by atoms with E-state index in [2.05, 4.69) is 59.7 Å². The number of methoxy groups -OCH3 is 1. The van der Waals surface area contributed by atoms with Crippen LogP contribution in [0.3, 0.4) is 0 Å². The van der Waals surface area contributed by atoms with Crippen molar-refractivity contribution in [1.29, 1.82) is 0 Å². The molecule has 2 aromatic rings. The van der Waals surface area contributed by atoms with Crippen LogP contribution in [0.25, 0.3) is 11.1 Å². The standard InChI is InChI=1S/C24H33BO2/c1-8-23(3,4)17-14-19(18-12-10-11-13-21(18)25)22(27-16-26-7)20(15-17)24(5,6)9-2/h10-15H,8-9,16H2,1-7H3. The maximum atomic E-state index is 6.35. The molecule has 0 heterocycles. The molecule has 0 amide bonds. The van der Waals surface area contributed by atoms with E-state index >= 15 is 0 Å². The smallest absolute Gasteiger partial charge is 0.188 e. The summed E-state index contributed by atoms with van der Waals surface area (Å²) < 4.78 is 11.4. The molecule has 0 aliphatic carbocycles. The van der Waals surface area contributed by atoms with Gasteiger partial charge in [-0.05, 0) is 40.9 Å². The summed E-state index contributed by atoms with van der Waals surface area (Å²) in [4.78, 5) is 0. The topological polar surface area (TPSA) is 18.5 Å². The SMILES string of the molecule is [B]c1ccccc1-c1cc(C(C)(C)CC)cc(C(C)(C)CC)c1OCOC. The summed E-state index contributed by atoms with van der Waals surface area (Å²) in [7, 11) is 8.00. The van der Waals surface area contributed by atoms with Crippen LogP contribution >= 0.6 is 0 Å². The second-order valence-corrected chi connectivity index (χ2v) is 8.51. The minimum absolute atomic E-state index is 0.0266. The largest absolute Gasteiger partial charge is 0.467 e. The third-order valence-corrected chi connectivity index (χ3v) is 5.94. The highest BCUT2D eigenvalue weighted by molar-refractivity contribution is 6.36. The van der Waals surface area contributed by atoms with Crippen LogP contribution in [0.2, 0.25) is 0 Å². The van der Waals surface area contributed by atoms with Gasteiger partial charge in [-0.1, -0.05) is 77.3 Å². The third-order valence-electron chi connectivity index (χ3n) is 5.94. The predicted molar refractivity (Wildman–Crippen MR) is 116 cm³/mol. The van der Waals surface area contributed by atoms with Gasteiger partial charge in [0.2, 0.25) is 0 Å². The van der Waals surface area contributed by atoms with Crippen molar-refractivity contribution in [3.05, 3.63) is 47.5 Å². The molecule has 27 heavy (non-hydrogen) atoms. The number of hydrogen-bond acceptors (Lipinski definition) is 2. The van der Waals surface area contributed by atoms with Gasteiger partial charge in [-0.3, -0.25) is 0 Å². The molecule has 2 aromatic carbocycles. The Morgan fingerprint density at radius 1 is 0.889 bits per heavy atom. The first-order chi connectivity index (χ1) is 12.7. The summed E-state index contributed by atoms with van der Waals surface area (Å²) in [6.45, 7) is 13.8. The summed E-state index contributed by atoms with van der Waals surface area (Å²) in [6, 6.07) is 12.6. The minimum Gasteiger partial charge on any atom is -0.467 e. The maximum Gasteiger partial charge on any atom is 0.188 e. The summed E-state index contributed by atoms with van der Waals surface area (Å²) in [5.41, 5.74) is 5.36. The van der Waals surface area contributed by atoms with Crippen molar-refractivity contribution < 1.29 is 9.47 Å². The van der Waals surface area contributed by atoms with E-state index in [4.69, 9.17) is 17.3 Å². The van der Waals surface area contributed by atoms with Gasteiger partial charge in [0.15, 0.2) is 6.79 Å². The monoisotopic (exact) mass is 364 g/mol. The molecule has 3 heteroatoms. The van der Waals surface area contributed by atoms with Gasteiger partial charge in [-0.25, -0.2) is 0 Å². The third kappa shape index (κ3) is 4.58. The van der Waals surface area contributed by atoms with E-state index in [0.29, 0.717) is 0 Å². The average Bonchev–Trinajstić information content (AvgIpc) is 2.66. The van der Waals surface area contributed by atoms with Crippen LogP contribution in [0.1, 0.15) is 65.5 Å². The fraction of sp³-hybridized carbons (Fsp3) is 0.500. The van der Waals surface area contributed by atoms with Crippen LogP contribution in [0.5, 0.6) is 5.75 Å². The van der Waals surface area contributed by atoms with Crippen LogP contribution in [-0.2, 0) is 15.6 Å². The van der Waals surface area contributed by atoms with E-state index in [0.717, 1.165) is 35.2 Å². The zero-order valence-electron chi connectivity index (χ0n) is 18.0. The van der Waals surface area contributed by atoms with Crippen LogP contribution in [-0.4, -0.2) is 21.7 Å². The van der Waals surface area contributed by atoms with Crippen molar-refractivity contribution in [2.75, 3.05) is 13.9 Å². The Hall–Kier alpha value is -1.74. The molecule has 0 spiro atoms. The zero-order chi connectivity index (χ0) is 20.2. The molecule has 2 radical (unpaired) electrons. The molecule has 0 fully saturated rings. The highest BCUT2D eigenvalue weighted by Gasteiger charge is 2.29. The van der Waals surface area contributed by atoms with Crippen molar-refractivity contribution in [3.63, 3.8) is 0 Å². The van der Waals surface area contributed by atoms with E-state index in [1.165, 1.54) is 11.1 Å². The van der Waals surface area contributed by atoms with E-state index in [1.807, 2.05) is 18.2 Å². The van der Waals surface area contributed by atoms with Gasteiger partial charge in [0.1, 0.15) is 13.6 Å². The maximum absolute atomic E-state index is 6.35. The molecular weight excluding hydrogens is 331 g/mol. The normalized spacial score (nSPS) is 12.3. The van der Waals surface area contributed by atoms with Crippen LogP contribution in [0, 0.1) is 0 Å². The van der Waals surface area contributed by atoms with E-state index in [9.17, 15) is 0 Å². The lowest BCUT2D eigenvalue weighted by atomic mass is 9.74. The van der Waals surface area contributed by atoms with Gasteiger partial charge >= 0.3 is 0 Å². The lowest BCUT2D eigenvalue weighted by molar-refractivity contribution is 0.0500. The Morgan fingerprint density at radius 2 is 1.52 bits per heavy atom. The summed E-state index contributed by atoms with van der Waals surface area (Å²) in [6.07, 6.45) is 2.07. The van der Waals surface area contributed by atoms with Gasteiger partial charge in [0, 0.05) is 18.2 Å². The first kappa shape index (κ1) is 21.6. The number of benzene rings is 2. The quantitative estimate of drug-likeness (QED) is 0.455. The summed E-state index contributed by atoms with van der Waals surface area (Å²) in [5, 5.41) is 0. The second-order valence-electron chi connectivity index (χ2n) is 8.51. The lowest BCUT2D eigenvalue weighted by Gasteiger charge is -2.32. The van der Waals surface area contributed by atoms with Crippen LogP contribution in [0.15, 0.2) is 36.4 Å². The molecule has 0 N–H and O–H groups in total. The van der Waals surface area contributed by atoms with Gasteiger partial charge in [-0.15, -0.1) is 0 Å². The fourth-order valence-electron chi connectivity index (χ4n) is 3.13. The predicted octanol–water partition coefficient (Wildman–Crippen LogP) is 5.51. The van der Waals surface area contributed by atoms with Crippen LogP contribution < -0.4 is 10.2 Å². The Morgan fingerprint density at radius 3 is 2.07 bits per heavy atom. The molecule has 0 saturated carbocycles. The molecule has 2 rings (SSSR count). The molecule has 0 unspecified atom stereocenters. The summed E-state index contributed by atoms with van der Waals surface area (Å²) in [5.74, 6) is 0.872. The molecule has 0 saturated heterocycles. The van der Waals surface area contributed by atoms with Crippen LogP contribution in [0.4, 0.5) is 0 Å². The van der Waals surface area contributed by atoms with Gasteiger partial charge in [0.05, 0.1) is 0 Å². The molecule has 2 nitrogen and oxygen atoms in total. The highest BCUT2D eigenvalue weighted by atomic mass is 16.7. The number of ether oxygens (including phenoxy) is 2. The lowest BCUT2D eigenvalue weighted by Crippen LogP contribution is -2.22. The van der Waals surface area contributed by atoms with Gasteiger partial charge in [-0.2, -0.15) is 0 Å². The number of hydrogen-bond donors (Lipinski definition) is 0. The Kier molecular flexibility index (Phi) is 6.80. The second kappa shape index (κ2) is 8.52. The first-order valence-corrected chi connectivity index (χ1v) is 9.83.